The number of nitrogens with one attached hydrogen (secondary N) is 1. The lowest BCUT2D eigenvalue weighted by atomic mass is 10.0. The minimum Gasteiger partial charge on any atom is -0.461 e. The second-order valence-corrected chi connectivity index (χ2v) is 7.34. The molecule has 1 saturated heterocycles. The van der Waals surface area contributed by atoms with Gasteiger partial charge in [-0.1, -0.05) is 54.6 Å². The minimum absolute atomic E-state index is 0.152. The van der Waals surface area contributed by atoms with Crippen LogP contribution >= 0.6 is 0 Å². The fraction of sp³-hybridized carbons (Fsp3) is 0.318. The molecular weight excluding hydrogens is 356 g/mol. The lowest BCUT2D eigenvalue weighted by Crippen LogP contribution is -2.40. The summed E-state index contributed by atoms with van der Waals surface area (Å²) >= 11 is 0. The van der Waals surface area contributed by atoms with Gasteiger partial charge in [0.15, 0.2) is 0 Å². The first kappa shape index (κ1) is 19.6. The molecule has 28 heavy (non-hydrogen) atoms. The molecule has 1 N–H and O–H groups in total. The number of carbonyl (C=O) groups is 3. The van der Waals surface area contributed by atoms with Crippen LogP contribution in [-0.4, -0.2) is 34.9 Å². The van der Waals surface area contributed by atoms with E-state index >= 15 is 0 Å². The summed E-state index contributed by atoms with van der Waals surface area (Å²) in [5.41, 5.74) is 2.26. The first-order valence-electron chi connectivity index (χ1n) is 9.31. The van der Waals surface area contributed by atoms with E-state index in [2.05, 4.69) is 5.32 Å². The number of ether oxygens (including phenoxy) is 1. The van der Waals surface area contributed by atoms with E-state index in [0.29, 0.717) is 6.42 Å². The zero-order chi connectivity index (χ0) is 20.1. The van der Waals surface area contributed by atoms with Crippen LogP contribution in [0.1, 0.15) is 32.3 Å². The molecular formula is C22H24N2O4. The highest BCUT2D eigenvalue weighted by molar-refractivity contribution is 6.06. The Morgan fingerprint density at radius 2 is 1.64 bits per heavy atom. The Kier molecular flexibility index (Phi) is 5.78. The van der Waals surface area contributed by atoms with Gasteiger partial charge in [0.2, 0.25) is 0 Å². The third kappa shape index (κ3) is 4.57. The molecule has 2 aromatic rings. The SMILES string of the molecule is CC1(C)NC(=O)N(CCCC(=O)OCc2ccc(-c3ccccc3)cc2)C1=O. The smallest absolute Gasteiger partial charge is 0.325 e. The van der Waals surface area contributed by atoms with E-state index in [4.69, 9.17) is 4.74 Å². The van der Waals surface area contributed by atoms with Gasteiger partial charge in [-0.25, -0.2) is 4.79 Å². The van der Waals surface area contributed by atoms with E-state index in [1.54, 1.807) is 13.8 Å². The highest BCUT2D eigenvalue weighted by atomic mass is 16.5. The van der Waals surface area contributed by atoms with Crippen LogP contribution in [-0.2, 0) is 20.9 Å². The lowest BCUT2D eigenvalue weighted by Gasteiger charge is -2.15. The van der Waals surface area contributed by atoms with Gasteiger partial charge in [-0.3, -0.25) is 14.5 Å². The summed E-state index contributed by atoms with van der Waals surface area (Å²) in [6.07, 6.45) is 0.528. The molecule has 0 bridgehead atoms. The fourth-order valence-corrected chi connectivity index (χ4v) is 3.06. The van der Waals surface area contributed by atoms with Crippen LogP contribution in [0.25, 0.3) is 11.1 Å². The van der Waals surface area contributed by atoms with Crippen LogP contribution in [0.15, 0.2) is 54.6 Å². The summed E-state index contributed by atoms with van der Waals surface area (Å²) in [4.78, 5) is 37.0. The van der Waals surface area contributed by atoms with Gasteiger partial charge in [-0.15, -0.1) is 0 Å². The van der Waals surface area contributed by atoms with Gasteiger partial charge >= 0.3 is 12.0 Å². The van der Waals surface area contributed by atoms with E-state index < -0.39 is 11.6 Å². The quantitative estimate of drug-likeness (QED) is 0.589. The summed E-state index contributed by atoms with van der Waals surface area (Å²) in [6, 6.07) is 17.5. The average molecular weight is 380 g/mol. The predicted molar refractivity (Wildman–Crippen MR) is 105 cm³/mol. The summed E-state index contributed by atoms with van der Waals surface area (Å²) in [5, 5.41) is 2.62. The molecule has 0 aliphatic carbocycles. The molecule has 1 aliphatic heterocycles. The number of urea groups is 1. The molecule has 1 fully saturated rings. The van der Waals surface area contributed by atoms with Gasteiger partial charge in [-0.2, -0.15) is 0 Å². The monoisotopic (exact) mass is 380 g/mol. The Hall–Kier alpha value is -3.15. The molecule has 6 nitrogen and oxygen atoms in total. The second-order valence-electron chi connectivity index (χ2n) is 7.34. The van der Waals surface area contributed by atoms with Crippen molar-refractivity contribution in [2.45, 2.75) is 38.8 Å². The fourth-order valence-electron chi connectivity index (χ4n) is 3.06. The van der Waals surface area contributed by atoms with Crippen molar-refractivity contribution in [1.82, 2.24) is 10.2 Å². The van der Waals surface area contributed by atoms with Crippen molar-refractivity contribution in [3.63, 3.8) is 0 Å². The molecule has 0 saturated carbocycles. The van der Waals surface area contributed by atoms with E-state index in [9.17, 15) is 14.4 Å². The summed E-state index contributed by atoms with van der Waals surface area (Å²) in [7, 11) is 0. The number of benzene rings is 2. The van der Waals surface area contributed by atoms with Crippen molar-refractivity contribution in [3.05, 3.63) is 60.2 Å². The highest BCUT2D eigenvalue weighted by Gasteiger charge is 2.43. The normalized spacial score (nSPS) is 15.4. The largest absolute Gasteiger partial charge is 0.461 e. The molecule has 0 unspecified atom stereocenters. The number of nitrogens with zero attached hydrogens (tertiary/aromatic N) is 1. The Bertz CT molecular complexity index is 860. The van der Waals surface area contributed by atoms with Crippen LogP contribution in [0.3, 0.4) is 0 Å². The number of hydrogen-bond donors (Lipinski definition) is 1. The topological polar surface area (TPSA) is 75.7 Å². The molecule has 1 aliphatic rings. The summed E-state index contributed by atoms with van der Waals surface area (Å²) < 4.78 is 5.29. The van der Waals surface area contributed by atoms with Crippen LogP contribution in [0, 0.1) is 0 Å². The summed E-state index contributed by atoms with van der Waals surface area (Å²) in [5.74, 6) is -0.622. The van der Waals surface area contributed by atoms with Crippen LogP contribution in [0.4, 0.5) is 4.79 Å². The Morgan fingerprint density at radius 3 is 2.25 bits per heavy atom. The molecule has 0 atom stereocenters. The van der Waals surface area contributed by atoms with Crippen LogP contribution in [0.5, 0.6) is 0 Å². The van der Waals surface area contributed by atoms with Crippen molar-refractivity contribution in [1.29, 1.82) is 0 Å². The number of imide groups is 1. The van der Waals surface area contributed by atoms with Gasteiger partial charge in [0.05, 0.1) is 0 Å². The standard InChI is InChI=1S/C22H24N2O4/c1-22(2)20(26)24(21(27)23-22)14-6-9-19(25)28-15-16-10-12-18(13-11-16)17-7-4-3-5-8-17/h3-5,7-8,10-13H,6,9,14-15H2,1-2H3,(H,23,27). The first-order chi connectivity index (χ1) is 13.4. The summed E-state index contributed by atoms with van der Waals surface area (Å²) in [6.45, 7) is 3.72. The number of amides is 3. The average Bonchev–Trinajstić information content (AvgIpc) is 2.89. The molecule has 3 rings (SSSR count). The minimum atomic E-state index is -0.885. The molecule has 6 heteroatoms. The maximum atomic E-state index is 12.1. The van der Waals surface area contributed by atoms with Gasteiger partial charge < -0.3 is 10.1 Å². The second kappa shape index (κ2) is 8.25. The van der Waals surface area contributed by atoms with E-state index in [-0.39, 0.29) is 31.4 Å². The van der Waals surface area contributed by atoms with Crippen LogP contribution in [0.2, 0.25) is 0 Å². The van der Waals surface area contributed by atoms with E-state index in [1.165, 1.54) is 0 Å². The lowest BCUT2D eigenvalue weighted by molar-refractivity contribution is -0.145. The van der Waals surface area contributed by atoms with Crippen molar-refractivity contribution < 1.29 is 19.1 Å². The van der Waals surface area contributed by atoms with Gasteiger partial charge in [0.25, 0.3) is 5.91 Å². The maximum absolute atomic E-state index is 12.1. The van der Waals surface area contributed by atoms with E-state index in [1.807, 2.05) is 54.6 Å². The molecule has 2 aromatic carbocycles. The maximum Gasteiger partial charge on any atom is 0.325 e. The molecule has 0 spiro atoms. The molecule has 3 amide bonds. The molecule has 1 heterocycles. The Morgan fingerprint density at radius 1 is 1.00 bits per heavy atom. The Balaban J connectivity index is 1.42. The number of carbonyl (C=O) groups excluding carboxylic acids is 3. The zero-order valence-electron chi connectivity index (χ0n) is 16.1. The first-order valence-corrected chi connectivity index (χ1v) is 9.31. The third-order valence-electron chi connectivity index (χ3n) is 4.67. The van der Waals surface area contributed by atoms with Crippen molar-refractivity contribution in [2.24, 2.45) is 0 Å². The third-order valence-corrected chi connectivity index (χ3v) is 4.67. The van der Waals surface area contributed by atoms with Crippen LogP contribution < -0.4 is 5.32 Å². The number of rotatable bonds is 7. The van der Waals surface area contributed by atoms with Crippen molar-refractivity contribution in [2.75, 3.05) is 6.54 Å². The van der Waals surface area contributed by atoms with Crippen molar-refractivity contribution >= 4 is 17.9 Å². The predicted octanol–water partition coefficient (Wildman–Crippen LogP) is 3.51. The van der Waals surface area contributed by atoms with E-state index in [0.717, 1.165) is 21.6 Å². The molecule has 0 aromatic heterocycles. The highest BCUT2D eigenvalue weighted by Crippen LogP contribution is 2.20. The van der Waals surface area contributed by atoms with Gasteiger partial charge in [0, 0.05) is 13.0 Å². The zero-order valence-corrected chi connectivity index (χ0v) is 16.1. The Labute approximate surface area is 164 Å². The van der Waals surface area contributed by atoms with Crippen molar-refractivity contribution in [3.8, 4) is 11.1 Å². The van der Waals surface area contributed by atoms with Gasteiger partial charge in [0.1, 0.15) is 12.1 Å². The molecule has 146 valence electrons. The number of hydrogen-bond acceptors (Lipinski definition) is 4. The van der Waals surface area contributed by atoms with Gasteiger partial charge in [-0.05, 0) is 37.0 Å². The molecule has 0 radical (unpaired) electrons. The number of esters is 1.